The topological polar surface area (TPSA) is 89.9 Å². The van der Waals surface area contributed by atoms with E-state index in [-0.39, 0.29) is 11.5 Å². The Morgan fingerprint density at radius 3 is 2.77 bits per heavy atom. The number of fused-ring (bicyclic) bond motifs is 4. The van der Waals surface area contributed by atoms with Gasteiger partial charge in [-0.3, -0.25) is 4.98 Å². The lowest BCUT2D eigenvalue weighted by Crippen LogP contribution is -2.53. The molecule has 250 valence electrons. The number of pyridine rings is 1. The minimum atomic E-state index is -1.06. The number of hydrogen-bond donors (Lipinski definition) is 2. The molecule has 7 rings (SSSR count). The van der Waals surface area contributed by atoms with Crippen molar-refractivity contribution in [3.05, 3.63) is 76.1 Å². The molecule has 3 aliphatic carbocycles. The normalized spacial score (nSPS) is 28.3. The first-order valence-corrected chi connectivity index (χ1v) is 17.9. The fourth-order valence-electron chi connectivity index (χ4n) is 8.92. The van der Waals surface area contributed by atoms with Crippen LogP contribution < -0.4 is 19.5 Å². The zero-order chi connectivity index (χ0) is 32.8. The lowest BCUT2D eigenvalue weighted by Gasteiger charge is -2.47. The van der Waals surface area contributed by atoms with Gasteiger partial charge in [-0.2, -0.15) is 0 Å². The van der Waals surface area contributed by atoms with Gasteiger partial charge in [-0.1, -0.05) is 38.4 Å². The van der Waals surface area contributed by atoms with Crippen LogP contribution in [-0.2, 0) is 23.1 Å². The lowest BCUT2D eigenvalue weighted by atomic mass is 9.59. The van der Waals surface area contributed by atoms with Crippen molar-refractivity contribution in [3.8, 4) is 17.2 Å². The molecule has 1 aromatic heterocycles. The van der Waals surface area contributed by atoms with Crippen molar-refractivity contribution in [2.75, 3.05) is 18.5 Å². The second-order valence-corrected chi connectivity index (χ2v) is 15.0. The summed E-state index contributed by atoms with van der Waals surface area (Å²) in [5.74, 6) is 2.96. The van der Waals surface area contributed by atoms with Crippen LogP contribution in [0.1, 0.15) is 100 Å². The fraction of sp³-hybridized carbons (Fsp3) is 0.538. The number of aryl methyl sites for hydroxylation is 1. The zero-order valence-electron chi connectivity index (χ0n) is 27.8. The minimum Gasteiger partial charge on any atom is -0.493 e. The SMILES string of the molecule is CC[C@@H]1COc2cc3c(cc2O1)C[C@H](C[C@@H](C)COc1ccnc2c1[C@H](C)CCC2)C31CCC(Nc2cccc(Cl)c2)(C(=O)O)CC1. The molecule has 2 N–H and O–H groups in total. The summed E-state index contributed by atoms with van der Waals surface area (Å²) in [7, 11) is 0. The van der Waals surface area contributed by atoms with Gasteiger partial charge in [-0.05, 0) is 135 Å². The molecule has 4 aliphatic rings. The summed E-state index contributed by atoms with van der Waals surface area (Å²) >= 11 is 6.27. The van der Waals surface area contributed by atoms with Crippen LogP contribution in [0.5, 0.6) is 17.2 Å². The Morgan fingerprint density at radius 1 is 1.17 bits per heavy atom. The van der Waals surface area contributed by atoms with Gasteiger partial charge >= 0.3 is 5.97 Å². The molecule has 0 unspecified atom stereocenters. The number of nitrogens with zero attached hydrogens (tertiary/aromatic N) is 1. The molecule has 1 aliphatic heterocycles. The number of aromatic nitrogens is 1. The number of hydrogen-bond acceptors (Lipinski definition) is 6. The maximum Gasteiger partial charge on any atom is 0.329 e. The molecule has 4 atom stereocenters. The van der Waals surface area contributed by atoms with Gasteiger partial charge in [0.15, 0.2) is 11.5 Å². The van der Waals surface area contributed by atoms with Crippen LogP contribution in [0.15, 0.2) is 48.7 Å². The van der Waals surface area contributed by atoms with Crippen LogP contribution in [0.3, 0.4) is 0 Å². The predicted molar refractivity (Wildman–Crippen MR) is 184 cm³/mol. The average Bonchev–Trinajstić information content (AvgIpc) is 3.34. The first kappa shape index (κ1) is 32.1. The molecule has 0 amide bonds. The second kappa shape index (κ2) is 12.9. The molecular weight excluding hydrogens is 612 g/mol. The van der Waals surface area contributed by atoms with E-state index in [4.69, 9.17) is 25.8 Å². The Hall–Kier alpha value is -3.45. The van der Waals surface area contributed by atoms with E-state index in [9.17, 15) is 9.90 Å². The molecule has 2 heterocycles. The van der Waals surface area contributed by atoms with Crippen molar-refractivity contribution in [1.82, 2.24) is 4.98 Å². The van der Waals surface area contributed by atoms with Crippen molar-refractivity contribution in [2.45, 2.75) is 108 Å². The summed E-state index contributed by atoms with van der Waals surface area (Å²) in [6, 6.07) is 13.8. The van der Waals surface area contributed by atoms with Gasteiger partial charge in [0.25, 0.3) is 0 Å². The largest absolute Gasteiger partial charge is 0.493 e. The first-order chi connectivity index (χ1) is 22.7. The van der Waals surface area contributed by atoms with Crippen molar-refractivity contribution in [3.63, 3.8) is 0 Å². The maximum absolute atomic E-state index is 12.9. The van der Waals surface area contributed by atoms with Gasteiger partial charge in [0, 0.05) is 28.2 Å². The first-order valence-electron chi connectivity index (χ1n) is 17.5. The highest BCUT2D eigenvalue weighted by Crippen LogP contribution is 2.58. The molecule has 2 aromatic carbocycles. The van der Waals surface area contributed by atoms with Crippen LogP contribution >= 0.6 is 11.6 Å². The minimum absolute atomic E-state index is 0.0639. The lowest BCUT2D eigenvalue weighted by molar-refractivity contribution is -0.144. The highest BCUT2D eigenvalue weighted by molar-refractivity contribution is 6.30. The van der Waals surface area contributed by atoms with Gasteiger partial charge in [0.1, 0.15) is 24.0 Å². The fourth-order valence-corrected chi connectivity index (χ4v) is 9.11. The Kier molecular flexibility index (Phi) is 8.79. The summed E-state index contributed by atoms with van der Waals surface area (Å²) < 4.78 is 19.1. The second-order valence-electron chi connectivity index (χ2n) is 14.6. The standard InChI is InChI=1S/C39H47ClN2O5/c1-4-30-23-46-34-21-31-26(19-35(34)47-30)18-27(17-24(2)22-45-33-11-16-41-32-10-5-7-25(3)36(32)33)38(31)12-14-39(15-13-38,37(43)44)42-29-9-6-8-28(40)20-29/h6,8-9,11,16,19-21,24-25,27,30,42H,4-5,7,10,12-15,17-18,22-23H2,1-3H3,(H,43,44)/t24-,25-,27+,30-,38?,39?/m1/s1. The Morgan fingerprint density at radius 2 is 2.00 bits per heavy atom. The van der Waals surface area contributed by atoms with E-state index in [0.29, 0.717) is 48.8 Å². The Labute approximate surface area is 283 Å². The number of carbonyl (C=O) groups is 1. The van der Waals surface area contributed by atoms with Gasteiger partial charge in [-0.25, -0.2) is 4.79 Å². The van der Waals surface area contributed by atoms with Crippen LogP contribution in [-0.4, -0.2) is 40.9 Å². The average molecular weight is 659 g/mol. The smallest absolute Gasteiger partial charge is 0.329 e. The summed E-state index contributed by atoms with van der Waals surface area (Å²) in [6.45, 7) is 7.89. The molecular formula is C39H47ClN2O5. The van der Waals surface area contributed by atoms with E-state index in [2.05, 4.69) is 43.2 Å². The Balaban J connectivity index is 1.15. The number of rotatable bonds is 9. The van der Waals surface area contributed by atoms with Crippen LogP contribution in [0.4, 0.5) is 5.69 Å². The van der Waals surface area contributed by atoms with Crippen molar-refractivity contribution in [1.29, 1.82) is 0 Å². The molecule has 1 spiro atoms. The van der Waals surface area contributed by atoms with Crippen molar-refractivity contribution in [2.24, 2.45) is 11.8 Å². The molecule has 8 heteroatoms. The highest BCUT2D eigenvalue weighted by Gasteiger charge is 2.54. The van der Waals surface area contributed by atoms with Gasteiger partial charge < -0.3 is 24.6 Å². The third kappa shape index (κ3) is 6.05. The maximum atomic E-state index is 12.9. The number of ether oxygens (including phenoxy) is 3. The monoisotopic (exact) mass is 658 g/mol. The highest BCUT2D eigenvalue weighted by atomic mass is 35.5. The van der Waals surface area contributed by atoms with Crippen LogP contribution in [0, 0.1) is 11.8 Å². The molecule has 47 heavy (non-hydrogen) atoms. The van der Waals surface area contributed by atoms with E-state index >= 15 is 0 Å². The predicted octanol–water partition coefficient (Wildman–Crippen LogP) is 8.75. The summed E-state index contributed by atoms with van der Waals surface area (Å²) in [5, 5.41) is 14.6. The summed E-state index contributed by atoms with van der Waals surface area (Å²) in [6.07, 6.45) is 10.7. The van der Waals surface area contributed by atoms with Crippen LogP contribution in [0.25, 0.3) is 0 Å². The number of carboxylic acid groups (broad SMARTS) is 1. The summed E-state index contributed by atoms with van der Waals surface area (Å²) in [4.78, 5) is 17.6. The molecule has 7 nitrogen and oxygen atoms in total. The number of carboxylic acids is 1. The molecule has 3 aromatic rings. The van der Waals surface area contributed by atoms with Gasteiger partial charge in [0.2, 0.25) is 0 Å². The number of aliphatic carboxylic acids is 1. The van der Waals surface area contributed by atoms with Gasteiger partial charge in [-0.15, -0.1) is 0 Å². The Bertz CT molecular complexity index is 1630. The number of benzene rings is 2. The van der Waals surface area contributed by atoms with E-state index in [1.807, 2.05) is 24.4 Å². The van der Waals surface area contributed by atoms with E-state index in [0.717, 1.165) is 61.5 Å². The molecule has 0 bridgehead atoms. The summed E-state index contributed by atoms with van der Waals surface area (Å²) in [5.41, 5.74) is 4.63. The molecule has 1 fully saturated rings. The molecule has 0 radical (unpaired) electrons. The molecule has 0 saturated heterocycles. The number of nitrogens with one attached hydrogen (secondary N) is 1. The van der Waals surface area contributed by atoms with E-state index < -0.39 is 11.5 Å². The molecule has 1 saturated carbocycles. The third-order valence-electron chi connectivity index (χ3n) is 11.5. The quantitative estimate of drug-likeness (QED) is 0.238. The van der Waals surface area contributed by atoms with E-state index in [1.165, 1.54) is 35.2 Å². The van der Waals surface area contributed by atoms with Gasteiger partial charge in [0.05, 0.1) is 6.61 Å². The van der Waals surface area contributed by atoms with Crippen molar-refractivity contribution >= 4 is 23.3 Å². The van der Waals surface area contributed by atoms with Crippen LogP contribution in [0.2, 0.25) is 5.02 Å². The van der Waals surface area contributed by atoms with Crippen molar-refractivity contribution < 1.29 is 24.1 Å². The third-order valence-corrected chi connectivity index (χ3v) is 11.8. The van der Waals surface area contributed by atoms with E-state index in [1.54, 1.807) is 12.1 Å². The number of halogens is 1. The number of anilines is 1. The zero-order valence-corrected chi connectivity index (χ0v) is 28.6.